The van der Waals surface area contributed by atoms with Crippen molar-refractivity contribution >= 4 is 23.4 Å². The van der Waals surface area contributed by atoms with E-state index in [2.05, 4.69) is 20.5 Å². The molecule has 0 radical (unpaired) electrons. The monoisotopic (exact) mass is 332 g/mol. The van der Waals surface area contributed by atoms with Gasteiger partial charge in [-0.25, -0.2) is 19.8 Å². The van der Waals surface area contributed by atoms with Gasteiger partial charge in [0.2, 0.25) is 0 Å². The van der Waals surface area contributed by atoms with Crippen molar-refractivity contribution in [2.75, 3.05) is 5.75 Å². The maximum absolute atomic E-state index is 12.9. The zero-order valence-electron chi connectivity index (χ0n) is 13.1. The van der Waals surface area contributed by atoms with Crippen LogP contribution in [0.1, 0.15) is 23.9 Å². The molecular weight excluding hydrogens is 315 g/mol. The molecule has 1 aromatic heterocycles. The van der Waals surface area contributed by atoms with Crippen LogP contribution in [0, 0.1) is 19.7 Å². The number of hydrazone groups is 1. The second-order valence-electron chi connectivity index (χ2n) is 4.96. The molecule has 0 aliphatic rings. The van der Waals surface area contributed by atoms with Gasteiger partial charge in [-0.05, 0) is 44.5 Å². The van der Waals surface area contributed by atoms with Crippen LogP contribution in [0.5, 0.6) is 0 Å². The number of hydrogen-bond acceptors (Lipinski definition) is 5. The summed E-state index contributed by atoms with van der Waals surface area (Å²) in [5, 5.41) is 4.58. The fourth-order valence-corrected chi connectivity index (χ4v) is 2.56. The third kappa shape index (κ3) is 5.45. The van der Waals surface area contributed by atoms with Crippen LogP contribution in [0.3, 0.4) is 0 Å². The molecule has 5 nitrogen and oxygen atoms in total. The van der Waals surface area contributed by atoms with Gasteiger partial charge in [-0.15, -0.1) is 0 Å². The Morgan fingerprint density at radius 3 is 2.43 bits per heavy atom. The van der Waals surface area contributed by atoms with Gasteiger partial charge in [0.15, 0.2) is 5.16 Å². The normalized spacial score (nSPS) is 11.4. The van der Waals surface area contributed by atoms with E-state index in [1.807, 2.05) is 19.9 Å². The number of rotatable bonds is 5. The molecule has 0 fully saturated rings. The maximum Gasteiger partial charge on any atom is 0.250 e. The number of aromatic nitrogens is 2. The standard InChI is InChI=1S/C16H17FN4OS/c1-10-8-11(2)19-16(18-10)23-9-15(22)21-20-12(3)13-4-6-14(17)7-5-13/h4-8H,9H2,1-3H3,(H,21,22). The summed E-state index contributed by atoms with van der Waals surface area (Å²) in [6.45, 7) is 5.51. The highest BCUT2D eigenvalue weighted by molar-refractivity contribution is 7.99. The molecule has 2 rings (SSSR count). The SMILES string of the molecule is CC(=NNC(=O)CSc1nc(C)cc(C)n1)c1ccc(F)cc1. The first-order valence-corrected chi connectivity index (χ1v) is 7.97. The molecular formula is C16H17FN4OS. The molecule has 1 aromatic carbocycles. The molecule has 0 spiro atoms. The fourth-order valence-electron chi connectivity index (χ4n) is 1.82. The molecule has 1 heterocycles. The molecule has 7 heteroatoms. The molecule has 1 N–H and O–H groups in total. The highest BCUT2D eigenvalue weighted by Crippen LogP contribution is 2.13. The van der Waals surface area contributed by atoms with Gasteiger partial charge in [-0.3, -0.25) is 4.79 Å². The highest BCUT2D eigenvalue weighted by Gasteiger charge is 2.06. The number of carbonyl (C=O) groups is 1. The number of nitrogens with zero attached hydrogens (tertiary/aromatic N) is 3. The van der Waals surface area contributed by atoms with E-state index in [4.69, 9.17) is 0 Å². The van der Waals surface area contributed by atoms with Crippen LogP contribution in [-0.2, 0) is 4.79 Å². The van der Waals surface area contributed by atoms with Crippen molar-refractivity contribution < 1.29 is 9.18 Å². The van der Waals surface area contributed by atoms with Gasteiger partial charge in [0, 0.05) is 11.4 Å². The lowest BCUT2D eigenvalue weighted by Crippen LogP contribution is -2.21. The summed E-state index contributed by atoms with van der Waals surface area (Å²) < 4.78 is 12.9. The van der Waals surface area contributed by atoms with E-state index in [0.717, 1.165) is 17.0 Å². The van der Waals surface area contributed by atoms with Gasteiger partial charge in [-0.1, -0.05) is 23.9 Å². The number of hydrogen-bond donors (Lipinski definition) is 1. The van der Waals surface area contributed by atoms with Crippen LogP contribution in [0.25, 0.3) is 0 Å². The number of nitrogens with one attached hydrogen (secondary N) is 1. The summed E-state index contributed by atoms with van der Waals surface area (Å²) in [5.74, 6) is -0.391. The van der Waals surface area contributed by atoms with Crippen molar-refractivity contribution in [3.63, 3.8) is 0 Å². The average molecular weight is 332 g/mol. The molecule has 0 saturated heterocycles. The second kappa shape index (κ2) is 7.82. The molecule has 120 valence electrons. The Kier molecular flexibility index (Phi) is 5.81. The van der Waals surface area contributed by atoms with Crippen molar-refractivity contribution in [2.24, 2.45) is 5.10 Å². The smallest absolute Gasteiger partial charge is 0.250 e. The summed E-state index contributed by atoms with van der Waals surface area (Å²) in [5.41, 5.74) is 5.56. The summed E-state index contributed by atoms with van der Waals surface area (Å²) in [7, 11) is 0. The fraction of sp³-hybridized carbons (Fsp3) is 0.250. The summed E-state index contributed by atoms with van der Waals surface area (Å²) in [6.07, 6.45) is 0. The third-order valence-corrected chi connectivity index (χ3v) is 3.75. The van der Waals surface area contributed by atoms with Crippen LogP contribution in [-0.4, -0.2) is 27.3 Å². The van der Waals surface area contributed by atoms with E-state index >= 15 is 0 Å². The predicted octanol–water partition coefficient (Wildman–Crippen LogP) is 2.87. The first-order valence-electron chi connectivity index (χ1n) is 6.98. The molecule has 23 heavy (non-hydrogen) atoms. The number of thioether (sulfide) groups is 1. The number of carbonyl (C=O) groups excluding carboxylic acids is 1. The zero-order valence-corrected chi connectivity index (χ0v) is 13.9. The van der Waals surface area contributed by atoms with Crippen molar-refractivity contribution in [1.29, 1.82) is 0 Å². The number of aryl methyl sites for hydroxylation is 2. The molecule has 0 aliphatic carbocycles. The van der Waals surface area contributed by atoms with Crippen molar-refractivity contribution in [3.8, 4) is 0 Å². The van der Waals surface area contributed by atoms with E-state index in [9.17, 15) is 9.18 Å². The first-order chi connectivity index (χ1) is 10.9. The Hall–Kier alpha value is -2.28. The first kappa shape index (κ1) is 17.1. The predicted molar refractivity (Wildman–Crippen MR) is 89.0 cm³/mol. The van der Waals surface area contributed by atoms with Crippen molar-refractivity contribution in [2.45, 2.75) is 25.9 Å². The lowest BCUT2D eigenvalue weighted by molar-refractivity contribution is -0.118. The Morgan fingerprint density at radius 2 is 1.83 bits per heavy atom. The molecule has 0 bridgehead atoms. The summed E-state index contributed by atoms with van der Waals surface area (Å²) >= 11 is 1.25. The summed E-state index contributed by atoms with van der Waals surface area (Å²) in [4.78, 5) is 20.3. The van der Waals surface area contributed by atoms with E-state index < -0.39 is 0 Å². The molecule has 2 aromatic rings. The minimum absolute atomic E-state index is 0.170. The minimum Gasteiger partial charge on any atom is -0.272 e. The third-order valence-electron chi connectivity index (χ3n) is 2.90. The van der Waals surface area contributed by atoms with Crippen LogP contribution in [0.4, 0.5) is 4.39 Å². The Bertz CT molecular complexity index is 711. The van der Waals surface area contributed by atoms with Crippen molar-refractivity contribution in [3.05, 3.63) is 53.1 Å². The number of benzene rings is 1. The molecule has 0 unspecified atom stereocenters. The number of amides is 1. The van der Waals surface area contributed by atoms with Gasteiger partial charge in [0.05, 0.1) is 11.5 Å². The Labute approximate surface area is 138 Å². The van der Waals surface area contributed by atoms with Gasteiger partial charge in [-0.2, -0.15) is 5.10 Å². The molecule has 0 saturated carbocycles. The van der Waals surface area contributed by atoms with Gasteiger partial charge in [0.1, 0.15) is 5.82 Å². The van der Waals surface area contributed by atoms with E-state index in [1.54, 1.807) is 19.1 Å². The Morgan fingerprint density at radius 1 is 1.22 bits per heavy atom. The topological polar surface area (TPSA) is 67.2 Å². The van der Waals surface area contributed by atoms with E-state index in [-0.39, 0.29) is 17.5 Å². The second-order valence-corrected chi connectivity index (χ2v) is 5.90. The largest absolute Gasteiger partial charge is 0.272 e. The van der Waals surface area contributed by atoms with Gasteiger partial charge < -0.3 is 0 Å². The van der Waals surface area contributed by atoms with Crippen LogP contribution < -0.4 is 5.43 Å². The van der Waals surface area contributed by atoms with Crippen LogP contribution in [0.2, 0.25) is 0 Å². The number of halogens is 1. The van der Waals surface area contributed by atoms with Crippen LogP contribution in [0.15, 0.2) is 40.6 Å². The zero-order chi connectivity index (χ0) is 16.8. The minimum atomic E-state index is -0.310. The van der Waals surface area contributed by atoms with Crippen LogP contribution >= 0.6 is 11.8 Å². The van der Waals surface area contributed by atoms with Crippen molar-refractivity contribution in [1.82, 2.24) is 15.4 Å². The van der Waals surface area contributed by atoms with Gasteiger partial charge in [0.25, 0.3) is 5.91 Å². The molecule has 0 atom stereocenters. The van der Waals surface area contributed by atoms with E-state index in [0.29, 0.717) is 10.9 Å². The lowest BCUT2D eigenvalue weighted by Gasteiger charge is -2.04. The average Bonchev–Trinajstić information content (AvgIpc) is 2.50. The summed E-state index contributed by atoms with van der Waals surface area (Å²) in [6, 6.07) is 7.80. The molecule has 1 amide bonds. The lowest BCUT2D eigenvalue weighted by atomic mass is 10.1. The maximum atomic E-state index is 12.9. The Balaban J connectivity index is 1.89. The quantitative estimate of drug-likeness (QED) is 0.396. The molecule has 0 aliphatic heterocycles. The van der Waals surface area contributed by atoms with Gasteiger partial charge >= 0.3 is 0 Å². The highest BCUT2D eigenvalue weighted by atomic mass is 32.2. The van der Waals surface area contributed by atoms with E-state index in [1.165, 1.54) is 23.9 Å².